The molecule has 1 heterocycles. The Hall–Kier alpha value is -3.37. The van der Waals surface area contributed by atoms with Gasteiger partial charge in [0, 0.05) is 49.3 Å². The van der Waals surface area contributed by atoms with Crippen molar-refractivity contribution in [1.29, 1.82) is 0 Å². The molecular formula is C31H42F2N4O4. The standard InChI is InChI=1S/C31H42F2N4O4/c1-6-8-37(9-7-2)30(40)31(15-19(3)10-23(16-31)29(34)39)27(13-22-11-24(32)14-25(33)12-22)28(38)18-35-17-26-20(4)36-41-21(26)5/h10-12,14-15,27-28,35,38H,6-9,13,16-18H2,1-5H3,(H2,34,39)/t27-,28+,31?/m1/s1. The fourth-order valence-electron chi connectivity index (χ4n) is 5.87. The number of aliphatic hydroxyl groups excluding tert-OH is 1. The number of aliphatic hydroxyl groups is 1. The minimum Gasteiger partial charge on any atom is -0.391 e. The second-order valence-corrected chi connectivity index (χ2v) is 11.0. The lowest BCUT2D eigenvalue weighted by Crippen LogP contribution is -2.54. The van der Waals surface area contributed by atoms with Gasteiger partial charge in [-0.15, -0.1) is 0 Å². The molecule has 0 fully saturated rings. The minimum absolute atomic E-state index is 0.0174. The van der Waals surface area contributed by atoms with Crippen LogP contribution in [-0.2, 0) is 22.6 Å². The highest BCUT2D eigenvalue weighted by atomic mass is 19.1. The largest absolute Gasteiger partial charge is 0.391 e. The van der Waals surface area contributed by atoms with E-state index < -0.39 is 35.0 Å². The predicted octanol–water partition coefficient (Wildman–Crippen LogP) is 4.28. The zero-order valence-electron chi connectivity index (χ0n) is 24.6. The van der Waals surface area contributed by atoms with Gasteiger partial charge >= 0.3 is 0 Å². The van der Waals surface area contributed by atoms with Crippen LogP contribution in [0.5, 0.6) is 0 Å². The molecule has 0 radical (unpaired) electrons. The van der Waals surface area contributed by atoms with Crippen molar-refractivity contribution in [1.82, 2.24) is 15.4 Å². The molecule has 2 aromatic rings. The van der Waals surface area contributed by atoms with Gasteiger partial charge in [-0.1, -0.05) is 36.7 Å². The first-order valence-corrected chi connectivity index (χ1v) is 14.2. The van der Waals surface area contributed by atoms with Crippen molar-refractivity contribution >= 4 is 11.8 Å². The number of aromatic nitrogens is 1. The molecule has 0 saturated heterocycles. The van der Waals surface area contributed by atoms with Gasteiger partial charge in [0.1, 0.15) is 17.4 Å². The van der Waals surface area contributed by atoms with Gasteiger partial charge in [-0.2, -0.15) is 0 Å². The predicted molar refractivity (Wildman–Crippen MR) is 152 cm³/mol. The van der Waals surface area contributed by atoms with Crippen molar-refractivity contribution in [2.45, 2.75) is 73.0 Å². The molecule has 0 aliphatic heterocycles. The van der Waals surface area contributed by atoms with E-state index in [2.05, 4.69) is 10.5 Å². The van der Waals surface area contributed by atoms with Gasteiger partial charge < -0.3 is 25.6 Å². The van der Waals surface area contributed by atoms with Crippen LogP contribution in [0.3, 0.4) is 0 Å². The number of carbonyl (C=O) groups excluding carboxylic acids is 2. The van der Waals surface area contributed by atoms with Crippen LogP contribution in [0.25, 0.3) is 0 Å². The van der Waals surface area contributed by atoms with E-state index in [4.69, 9.17) is 10.3 Å². The van der Waals surface area contributed by atoms with Crippen LogP contribution in [0, 0.1) is 36.8 Å². The molecular weight excluding hydrogens is 530 g/mol. The maximum Gasteiger partial charge on any atom is 0.244 e. The summed E-state index contributed by atoms with van der Waals surface area (Å²) in [6.07, 6.45) is 3.67. The summed E-state index contributed by atoms with van der Waals surface area (Å²) in [6.45, 7) is 10.7. The van der Waals surface area contributed by atoms with E-state index in [0.29, 0.717) is 49.4 Å². The third-order valence-electron chi connectivity index (χ3n) is 7.70. The molecule has 1 aromatic carbocycles. The van der Waals surface area contributed by atoms with E-state index in [0.717, 1.165) is 17.3 Å². The number of hydrogen-bond donors (Lipinski definition) is 3. The second-order valence-electron chi connectivity index (χ2n) is 11.0. The van der Waals surface area contributed by atoms with Crippen LogP contribution in [0.2, 0.25) is 0 Å². The molecule has 1 unspecified atom stereocenters. The Morgan fingerprint density at radius 3 is 2.32 bits per heavy atom. The van der Waals surface area contributed by atoms with Crippen LogP contribution in [0.1, 0.15) is 62.6 Å². The molecule has 8 nitrogen and oxygen atoms in total. The second kappa shape index (κ2) is 14.0. The number of rotatable bonds is 14. The highest BCUT2D eigenvalue weighted by Crippen LogP contribution is 2.45. The number of nitrogens with zero attached hydrogens (tertiary/aromatic N) is 2. The van der Waals surface area contributed by atoms with Crippen LogP contribution in [0.4, 0.5) is 8.78 Å². The summed E-state index contributed by atoms with van der Waals surface area (Å²) in [5, 5.41) is 19.0. The monoisotopic (exact) mass is 572 g/mol. The minimum atomic E-state index is -1.39. The Labute approximate surface area is 240 Å². The van der Waals surface area contributed by atoms with Gasteiger partial charge in [0.25, 0.3) is 0 Å². The molecule has 2 amide bonds. The smallest absolute Gasteiger partial charge is 0.244 e. The normalized spacial score (nSPS) is 18.4. The van der Waals surface area contributed by atoms with E-state index in [1.807, 2.05) is 20.8 Å². The van der Waals surface area contributed by atoms with Crippen molar-refractivity contribution in [2.24, 2.45) is 17.1 Å². The molecule has 224 valence electrons. The fourth-order valence-corrected chi connectivity index (χ4v) is 5.87. The number of hydrogen-bond acceptors (Lipinski definition) is 6. The lowest BCUT2D eigenvalue weighted by atomic mass is 9.63. The molecule has 1 aromatic heterocycles. The number of carbonyl (C=O) groups is 2. The van der Waals surface area contributed by atoms with E-state index in [1.165, 1.54) is 12.1 Å². The number of benzene rings is 1. The Balaban J connectivity index is 2.10. The number of primary amides is 1. The van der Waals surface area contributed by atoms with E-state index >= 15 is 0 Å². The van der Waals surface area contributed by atoms with Crippen LogP contribution in [0.15, 0.2) is 46.0 Å². The number of aryl methyl sites for hydroxylation is 2. The topological polar surface area (TPSA) is 122 Å². The Morgan fingerprint density at radius 2 is 1.78 bits per heavy atom. The Bertz CT molecular complexity index is 1260. The molecule has 10 heteroatoms. The van der Waals surface area contributed by atoms with Gasteiger partial charge in [-0.05, 0) is 64.2 Å². The zero-order chi connectivity index (χ0) is 30.3. The van der Waals surface area contributed by atoms with Crippen molar-refractivity contribution in [3.05, 3.63) is 75.7 Å². The first-order chi connectivity index (χ1) is 19.4. The molecule has 41 heavy (non-hydrogen) atoms. The fraction of sp³-hybridized carbons (Fsp3) is 0.516. The maximum absolute atomic E-state index is 14.5. The Morgan fingerprint density at radius 1 is 1.15 bits per heavy atom. The van der Waals surface area contributed by atoms with E-state index in [1.54, 1.807) is 30.9 Å². The highest BCUT2D eigenvalue weighted by Gasteiger charge is 2.50. The third-order valence-corrected chi connectivity index (χ3v) is 7.70. The molecule has 0 spiro atoms. The van der Waals surface area contributed by atoms with Crippen molar-refractivity contribution < 1.29 is 28.0 Å². The SMILES string of the molecule is CCCN(CCC)C(=O)C1([C@H](Cc2cc(F)cc(F)c2)[C@@H](O)CNCc2c(C)noc2C)C=C(C)C=C(C(N)=O)C1. The molecule has 1 aliphatic carbocycles. The molecule has 3 atom stereocenters. The maximum atomic E-state index is 14.5. The van der Waals surface area contributed by atoms with Crippen molar-refractivity contribution in [3.63, 3.8) is 0 Å². The van der Waals surface area contributed by atoms with Crippen LogP contribution < -0.4 is 11.1 Å². The van der Waals surface area contributed by atoms with Crippen LogP contribution >= 0.6 is 0 Å². The third kappa shape index (κ3) is 7.68. The quantitative estimate of drug-likeness (QED) is 0.311. The average Bonchev–Trinajstić information content (AvgIpc) is 3.22. The summed E-state index contributed by atoms with van der Waals surface area (Å²) in [4.78, 5) is 28.7. The van der Waals surface area contributed by atoms with Gasteiger partial charge in [-0.25, -0.2) is 8.78 Å². The Kier molecular flexibility index (Phi) is 11.0. The molecule has 1 aliphatic rings. The van der Waals surface area contributed by atoms with E-state index in [9.17, 15) is 23.5 Å². The lowest BCUT2D eigenvalue weighted by molar-refractivity contribution is -0.145. The van der Waals surface area contributed by atoms with Crippen molar-refractivity contribution in [2.75, 3.05) is 19.6 Å². The van der Waals surface area contributed by atoms with Gasteiger partial charge in [0.05, 0.1) is 17.2 Å². The van der Waals surface area contributed by atoms with E-state index in [-0.39, 0.29) is 30.9 Å². The summed E-state index contributed by atoms with van der Waals surface area (Å²) < 4.78 is 33.8. The number of allylic oxidation sites excluding steroid dienone is 2. The number of amides is 2. The number of nitrogens with two attached hydrogens (primary N) is 1. The molecule has 0 saturated carbocycles. The summed E-state index contributed by atoms with van der Waals surface area (Å²) in [5.74, 6) is -2.62. The summed E-state index contributed by atoms with van der Waals surface area (Å²) in [7, 11) is 0. The zero-order valence-corrected chi connectivity index (χ0v) is 24.6. The first-order valence-electron chi connectivity index (χ1n) is 14.2. The molecule has 4 N–H and O–H groups in total. The number of nitrogens with one attached hydrogen (secondary N) is 1. The van der Waals surface area contributed by atoms with Crippen molar-refractivity contribution in [3.8, 4) is 0 Å². The lowest BCUT2D eigenvalue weighted by Gasteiger charge is -2.45. The molecule has 0 bridgehead atoms. The van der Waals surface area contributed by atoms with Gasteiger partial charge in [0.2, 0.25) is 11.8 Å². The average molecular weight is 573 g/mol. The van der Waals surface area contributed by atoms with Crippen LogP contribution in [-0.4, -0.2) is 52.7 Å². The van der Waals surface area contributed by atoms with Gasteiger partial charge in [0.15, 0.2) is 0 Å². The van der Waals surface area contributed by atoms with Gasteiger partial charge in [-0.3, -0.25) is 9.59 Å². The summed E-state index contributed by atoms with van der Waals surface area (Å²) in [6, 6.07) is 3.19. The highest BCUT2D eigenvalue weighted by molar-refractivity contribution is 5.96. The number of halogens is 2. The summed E-state index contributed by atoms with van der Waals surface area (Å²) >= 11 is 0. The first kappa shape index (κ1) is 32.1. The molecule has 3 rings (SSSR count). The summed E-state index contributed by atoms with van der Waals surface area (Å²) in [5.41, 5.74) is 7.13.